The Balaban J connectivity index is 2.00. The highest BCUT2D eigenvalue weighted by Gasteiger charge is 2.07. The molecule has 0 aliphatic rings. The average molecular weight is 287 g/mol. The monoisotopic (exact) mass is 287 g/mol. The lowest BCUT2D eigenvalue weighted by molar-refractivity contribution is 0.101. The number of ketones is 1. The largest absolute Gasteiger partial charge is 0.496 e. The van der Waals surface area contributed by atoms with Crippen LogP contribution in [0.15, 0.2) is 47.6 Å². The van der Waals surface area contributed by atoms with Gasteiger partial charge < -0.3 is 4.74 Å². The number of methoxy groups -OCH3 is 1. The standard InChI is InChI=1S/C16H17NO2S/c1-12(18)14-3-4-16(15(11-14)19-2)20-10-7-13-5-8-17-9-6-13/h3-6,8-9,11H,7,10H2,1-2H3. The first kappa shape index (κ1) is 14.6. The SMILES string of the molecule is COc1cc(C(C)=O)ccc1SCCc1ccncc1. The van der Waals surface area contributed by atoms with E-state index in [-0.39, 0.29) is 5.78 Å². The maximum absolute atomic E-state index is 11.4. The van der Waals surface area contributed by atoms with E-state index in [1.807, 2.05) is 36.7 Å². The second-order valence-corrected chi connectivity index (χ2v) is 5.51. The highest BCUT2D eigenvalue weighted by Crippen LogP contribution is 2.30. The van der Waals surface area contributed by atoms with Crippen LogP contribution in [0, 0.1) is 0 Å². The molecule has 0 unspecified atom stereocenters. The number of hydrogen-bond donors (Lipinski definition) is 0. The van der Waals surface area contributed by atoms with E-state index in [0.717, 1.165) is 22.8 Å². The number of carbonyl (C=O) groups is 1. The maximum Gasteiger partial charge on any atom is 0.159 e. The summed E-state index contributed by atoms with van der Waals surface area (Å²) in [6, 6.07) is 9.65. The molecule has 0 aliphatic heterocycles. The third-order valence-corrected chi connectivity index (χ3v) is 4.02. The van der Waals surface area contributed by atoms with Crippen molar-refractivity contribution in [3.05, 3.63) is 53.9 Å². The highest BCUT2D eigenvalue weighted by molar-refractivity contribution is 7.99. The van der Waals surface area contributed by atoms with Gasteiger partial charge in [0.15, 0.2) is 5.78 Å². The molecule has 0 spiro atoms. The first-order valence-electron chi connectivity index (χ1n) is 6.41. The summed E-state index contributed by atoms with van der Waals surface area (Å²) < 4.78 is 5.36. The number of benzene rings is 1. The molecule has 20 heavy (non-hydrogen) atoms. The third kappa shape index (κ3) is 3.84. The van der Waals surface area contributed by atoms with Crippen molar-refractivity contribution in [1.29, 1.82) is 0 Å². The lowest BCUT2D eigenvalue weighted by Crippen LogP contribution is -1.95. The Morgan fingerprint density at radius 1 is 1.25 bits per heavy atom. The summed E-state index contributed by atoms with van der Waals surface area (Å²) in [6.07, 6.45) is 4.59. The summed E-state index contributed by atoms with van der Waals surface area (Å²) in [7, 11) is 1.63. The van der Waals surface area contributed by atoms with E-state index < -0.39 is 0 Å². The molecule has 0 amide bonds. The van der Waals surface area contributed by atoms with E-state index in [4.69, 9.17) is 4.74 Å². The van der Waals surface area contributed by atoms with Gasteiger partial charge in [-0.1, -0.05) is 6.07 Å². The summed E-state index contributed by atoms with van der Waals surface area (Å²) in [5.41, 5.74) is 1.95. The molecule has 0 atom stereocenters. The first-order valence-corrected chi connectivity index (χ1v) is 7.40. The molecule has 1 aromatic carbocycles. The predicted molar refractivity (Wildman–Crippen MR) is 81.7 cm³/mol. The number of carbonyl (C=O) groups excluding carboxylic acids is 1. The van der Waals surface area contributed by atoms with Crippen molar-refractivity contribution < 1.29 is 9.53 Å². The van der Waals surface area contributed by atoms with Gasteiger partial charge in [-0.15, -0.1) is 11.8 Å². The summed E-state index contributed by atoms with van der Waals surface area (Å²) in [5.74, 6) is 1.77. The Labute approximate surface area is 123 Å². The smallest absolute Gasteiger partial charge is 0.159 e. The number of thioether (sulfide) groups is 1. The van der Waals surface area contributed by atoms with Gasteiger partial charge in [0.1, 0.15) is 5.75 Å². The summed E-state index contributed by atoms with van der Waals surface area (Å²) >= 11 is 1.73. The molecule has 0 saturated heterocycles. The molecule has 1 heterocycles. The minimum absolute atomic E-state index is 0.0524. The molecule has 104 valence electrons. The van der Waals surface area contributed by atoms with Gasteiger partial charge in [0.05, 0.1) is 7.11 Å². The van der Waals surface area contributed by atoms with Gasteiger partial charge in [0, 0.05) is 28.6 Å². The number of nitrogens with zero attached hydrogens (tertiary/aromatic N) is 1. The van der Waals surface area contributed by atoms with Gasteiger partial charge in [0.25, 0.3) is 0 Å². The molecule has 0 fully saturated rings. The Morgan fingerprint density at radius 3 is 2.65 bits per heavy atom. The Hall–Kier alpha value is -1.81. The van der Waals surface area contributed by atoms with Crippen LogP contribution in [0.4, 0.5) is 0 Å². The molecule has 0 aliphatic carbocycles. The molecule has 4 heteroatoms. The molecule has 0 radical (unpaired) electrons. The average Bonchev–Trinajstić information content (AvgIpc) is 2.48. The zero-order chi connectivity index (χ0) is 14.4. The fourth-order valence-electron chi connectivity index (χ4n) is 1.83. The number of hydrogen-bond acceptors (Lipinski definition) is 4. The zero-order valence-corrected chi connectivity index (χ0v) is 12.4. The second-order valence-electron chi connectivity index (χ2n) is 4.38. The van der Waals surface area contributed by atoms with Crippen LogP contribution >= 0.6 is 11.8 Å². The highest BCUT2D eigenvalue weighted by atomic mass is 32.2. The van der Waals surface area contributed by atoms with Crippen molar-refractivity contribution in [2.24, 2.45) is 0 Å². The van der Waals surface area contributed by atoms with Crippen molar-refractivity contribution in [1.82, 2.24) is 4.98 Å². The minimum atomic E-state index is 0.0524. The fourth-order valence-corrected chi connectivity index (χ4v) is 2.84. The van der Waals surface area contributed by atoms with Gasteiger partial charge in [-0.25, -0.2) is 0 Å². The molecule has 1 aromatic heterocycles. The van der Waals surface area contributed by atoms with Crippen LogP contribution in [0.5, 0.6) is 5.75 Å². The number of aromatic nitrogens is 1. The van der Waals surface area contributed by atoms with Gasteiger partial charge in [-0.05, 0) is 43.2 Å². The zero-order valence-electron chi connectivity index (χ0n) is 11.6. The lowest BCUT2D eigenvalue weighted by Gasteiger charge is -2.09. The van der Waals surface area contributed by atoms with Crippen LogP contribution in [0.2, 0.25) is 0 Å². The fraction of sp³-hybridized carbons (Fsp3) is 0.250. The van der Waals surface area contributed by atoms with Crippen molar-refractivity contribution in [2.75, 3.05) is 12.9 Å². The van der Waals surface area contributed by atoms with Gasteiger partial charge in [-0.2, -0.15) is 0 Å². The van der Waals surface area contributed by atoms with E-state index in [2.05, 4.69) is 4.98 Å². The predicted octanol–water partition coefficient (Wildman–Crippen LogP) is 3.63. The van der Waals surface area contributed by atoms with E-state index in [9.17, 15) is 4.79 Å². The summed E-state index contributed by atoms with van der Waals surface area (Å²) in [5, 5.41) is 0. The lowest BCUT2D eigenvalue weighted by atomic mass is 10.1. The number of aryl methyl sites for hydroxylation is 1. The number of Topliss-reactive ketones (excluding diaryl/α,β-unsaturated/α-hetero) is 1. The third-order valence-electron chi connectivity index (χ3n) is 2.97. The van der Waals surface area contributed by atoms with Crippen molar-refractivity contribution in [3.63, 3.8) is 0 Å². The molecular weight excluding hydrogens is 270 g/mol. The van der Waals surface area contributed by atoms with Crippen LogP contribution in [0.3, 0.4) is 0 Å². The van der Waals surface area contributed by atoms with Crippen molar-refractivity contribution in [3.8, 4) is 5.75 Å². The number of rotatable bonds is 6. The van der Waals surface area contributed by atoms with Gasteiger partial charge in [-0.3, -0.25) is 9.78 Å². The quantitative estimate of drug-likeness (QED) is 0.601. The Kier molecular flexibility index (Phi) is 5.18. The minimum Gasteiger partial charge on any atom is -0.496 e. The van der Waals surface area contributed by atoms with Crippen LogP contribution in [-0.2, 0) is 6.42 Å². The van der Waals surface area contributed by atoms with E-state index in [1.54, 1.807) is 31.9 Å². The van der Waals surface area contributed by atoms with E-state index >= 15 is 0 Å². The van der Waals surface area contributed by atoms with E-state index in [0.29, 0.717) is 5.56 Å². The van der Waals surface area contributed by atoms with E-state index in [1.165, 1.54) is 5.56 Å². The molecule has 2 aromatic rings. The van der Waals surface area contributed by atoms with Crippen LogP contribution < -0.4 is 4.74 Å². The first-order chi connectivity index (χ1) is 9.70. The molecular formula is C16H17NO2S. The summed E-state index contributed by atoms with van der Waals surface area (Å²) in [4.78, 5) is 16.4. The van der Waals surface area contributed by atoms with Gasteiger partial charge in [0.2, 0.25) is 0 Å². The van der Waals surface area contributed by atoms with Crippen molar-refractivity contribution in [2.45, 2.75) is 18.2 Å². The van der Waals surface area contributed by atoms with Gasteiger partial charge >= 0.3 is 0 Å². The molecule has 0 saturated carbocycles. The normalized spacial score (nSPS) is 10.3. The topological polar surface area (TPSA) is 39.2 Å². The number of ether oxygens (including phenoxy) is 1. The Bertz CT molecular complexity index is 584. The van der Waals surface area contributed by atoms with Crippen LogP contribution in [0.1, 0.15) is 22.8 Å². The molecule has 0 bridgehead atoms. The number of pyridine rings is 1. The molecule has 2 rings (SSSR count). The maximum atomic E-state index is 11.4. The van der Waals surface area contributed by atoms with Crippen LogP contribution in [-0.4, -0.2) is 23.6 Å². The van der Waals surface area contributed by atoms with Crippen molar-refractivity contribution >= 4 is 17.5 Å². The summed E-state index contributed by atoms with van der Waals surface area (Å²) in [6.45, 7) is 1.56. The molecule has 3 nitrogen and oxygen atoms in total. The molecule has 0 N–H and O–H groups in total. The second kappa shape index (κ2) is 7.10. The van der Waals surface area contributed by atoms with Crippen LogP contribution in [0.25, 0.3) is 0 Å². The Morgan fingerprint density at radius 2 is 2.00 bits per heavy atom.